The molecular weight excluding hydrogens is 432 g/mol. The zero-order valence-corrected chi connectivity index (χ0v) is 18.7. The van der Waals surface area contributed by atoms with Gasteiger partial charge in [0.15, 0.2) is 0 Å². The molecule has 0 spiro atoms. The van der Waals surface area contributed by atoms with E-state index in [0.717, 1.165) is 53.1 Å². The molecule has 2 heterocycles. The number of carboxylic acid groups (broad SMARTS) is 1. The van der Waals surface area contributed by atoms with Crippen LogP contribution in [0.2, 0.25) is 5.02 Å². The maximum atomic E-state index is 11.3. The molecular formula is C28H23ClN2O2. The van der Waals surface area contributed by atoms with Crippen molar-refractivity contribution in [3.8, 4) is 22.3 Å². The van der Waals surface area contributed by atoms with Gasteiger partial charge < -0.3 is 15.0 Å². The molecule has 0 saturated heterocycles. The van der Waals surface area contributed by atoms with Crippen molar-refractivity contribution >= 4 is 35.0 Å². The summed E-state index contributed by atoms with van der Waals surface area (Å²) in [6, 6.07) is 26.2. The van der Waals surface area contributed by atoms with E-state index in [9.17, 15) is 9.90 Å². The van der Waals surface area contributed by atoms with Crippen LogP contribution in [0.5, 0.6) is 0 Å². The summed E-state index contributed by atoms with van der Waals surface area (Å²) in [6.45, 7) is 0.894. The summed E-state index contributed by atoms with van der Waals surface area (Å²) in [5, 5.41) is 13.4. The molecule has 4 nitrogen and oxygen atoms in total. The summed E-state index contributed by atoms with van der Waals surface area (Å²) in [7, 11) is 0. The molecule has 0 fully saturated rings. The molecule has 5 rings (SSSR count). The molecule has 4 aromatic rings. The first-order chi connectivity index (χ1) is 16.1. The Morgan fingerprint density at radius 1 is 0.879 bits per heavy atom. The van der Waals surface area contributed by atoms with Crippen LogP contribution in [0.1, 0.15) is 17.8 Å². The second-order valence-corrected chi connectivity index (χ2v) is 8.52. The first-order valence-electron chi connectivity index (χ1n) is 10.9. The molecule has 3 aromatic carbocycles. The molecule has 0 aliphatic carbocycles. The zero-order valence-electron chi connectivity index (χ0n) is 18.0. The van der Waals surface area contributed by atoms with Crippen molar-refractivity contribution in [3.05, 3.63) is 101 Å². The monoisotopic (exact) mass is 454 g/mol. The highest BCUT2D eigenvalue weighted by Crippen LogP contribution is 2.43. The molecule has 164 valence electrons. The summed E-state index contributed by atoms with van der Waals surface area (Å²) in [5.74, 6) is -0.946. The molecule has 0 atom stereocenters. The largest absolute Gasteiger partial charge is 0.478 e. The van der Waals surface area contributed by atoms with E-state index < -0.39 is 5.97 Å². The summed E-state index contributed by atoms with van der Waals surface area (Å²) < 4.78 is 2.27. The Hall–Kier alpha value is -3.76. The van der Waals surface area contributed by atoms with Gasteiger partial charge in [-0.2, -0.15) is 0 Å². The molecule has 0 saturated carbocycles. The number of fused-ring (bicyclic) bond motifs is 1. The van der Waals surface area contributed by atoms with Gasteiger partial charge in [0.1, 0.15) is 0 Å². The standard InChI is InChI=1S/C28H23ClN2O2/c29-21-10-14-23(15-11-21)30-22-12-8-20(9-13-22)28-25(16-17-26(32)33)31-18-4-7-24(31)27(28)19-5-2-1-3-6-19/h1-3,5-6,8-17,30H,4,7,18H2,(H,32,33)/b17-16+. The first-order valence-corrected chi connectivity index (χ1v) is 11.3. The van der Waals surface area contributed by atoms with Gasteiger partial charge in [0, 0.05) is 51.5 Å². The summed E-state index contributed by atoms with van der Waals surface area (Å²) >= 11 is 5.99. The topological polar surface area (TPSA) is 54.3 Å². The van der Waals surface area contributed by atoms with Crippen LogP contribution in [0, 0.1) is 0 Å². The van der Waals surface area contributed by atoms with Crippen LogP contribution in [0.25, 0.3) is 28.3 Å². The predicted octanol–water partition coefficient (Wildman–Crippen LogP) is 7.26. The van der Waals surface area contributed by atoms with E-state index in [1.54, 1.807) is 6.08 Å². The van der Waals surface area contributed by atoms with E-state index >= 15 is 0 Å². The second-order valence-electron chi connectivity index (χ2n) is 8.08. The van der Waals surface area contributed by atoms with Gasteiger partial charge in [-0.25, -0.2) is 4.79 Å². The Balaban J connectivity index is 1.60. The number of hydrogen-bond acceptors (Lipinski definition) is 2. The third-order valence-electron chi connectivity index (χ3n) is 5.96. The summed E-state index contributed by atoms with van der Waals surface area (Å²) in [6.07, 6.45) is 5.01. The van der Waals surface area contributed by atoms with Crippen molar-refractivity contribution in [2.24, 2.45) is 0 Å². The van der Waals surface area contributed by atoms with E-state index in [2.05, 4.69) is 34.1 Å². The minimum Gasteiger partial charge on any atom is -0.478 e. The number of aliphatic carboxylic acids is 1. The number of benzene rings is 3. The second kappa shape index (κ2) is 9.00. The molecule has 0 bridgehead atoms. The molecule has 1 aromatic heterocycles. The molecule has 0 unspecified atom stereocenters. The smallest absolute Gasteiger partial charge is 0.328 e. The molecule has 5 heteroatoms. The van der Waals surface area contributed by atoms with E-state index in [1.165, 1.54) is 17.3 Å². The van der Waals surface area contributed by atoms with Crippen LogP contribution in [-0.4, -0.2) is 15.6 Å². The fourth-order valence-corrected chi connectivity index (χ4v) is 4.69. The van der Waals surface area contributed by atoms with Crippen LogP contribution in [0.3, 0.4) is 0 Å². The normalized spacial score (nSPS) is 12.8. The van der Waals surface area contributed by atoms with E-state index in [-0.39, 0.29) is 0 Å². The Morgan fingerprint density at radius 3 is 2.18 bits per heavy atom. The van der Waals surface area contributed by atoms with Crippen molar-refractivity contribution in [2.75, 3.05) is 5.32 Å². The highest BCUT2D eigenvalue weighted by Gasteiger charge is 2.26. The number of halogens is 1. The Labute approximate surface area is 197 Å². The third-order valence-corrected chi connectivity index (χ3v) is 6.21. The van der Waals surface area contributed by atoms with Gasteiger partial charge >= 0.3 is 5.97 Å². The van der Waals surface area contributed by atoms with E-state index in [4.69, 9.17) is 11.6 Å². The molecule has 33 heavy (non-hydrogen) atoms. The van der Waals surface area contributed by atoms with Gasteiger partial charge in [0.05, 0.1) is 0 Å². The van der Waals surface area contributed by atoms with Crippen molar-refractivity contribution < 1.29 is 9.90 Å². The number of rotatable bonds is 6. The number of hydrogen-bond donors (Lipinski definition) is 2. The maximum Gasteiger partial charge on any atom is 0.328 e. The average molecular weight is 455 g/mol. The van der Waals surface area contributed by atoms with Crippen LogP contribution in [0.4, 0.5) is 11.4 Å². The van der Waals surface area contributed by atoms with Crippen LogP contribution >= 0.6 is 11.6 Å². The van der Waals surface area contributed by atoms with Gasteiger partial charge in [-0.3, -0.25) is 0 Å². The van der Waals surface area contributed by atoms with Gasteiger partial charge in [0.25, 0.3) is 0 Å². The van der Waals surface area contributed by atoms with Crippen molar-refractivity contribution in [2.45, 2.75) is 19.4 Å². The van der Waals surface area contributed by atoms with Crippen LogP contribution in [-0.2, 0) is 17.8 Å². The lowest BCUT2D eigenvalue weighted by Gasteiger charge is -2.11. The lowest BCUT2D eigenvalue weighted by atomic mass is 9.93. The quantitative estimate of drug-likeness (QED) is 0.301. The van der Waals surface area contributed by atoms with Crippen LogP contribution < -0.4 is 5.32 Å². The fourth-order valence-electron chi connectivity index (χ4n) is 4.56. The lowest BCUT2D eigenvalue weighted by Crippen LogP contribution is -1.97. The van der Waals surface area contributed by atoms with E-state index in [0.29, 0.717) is 5.02 Å². The Kier molecular flexibility index (Phi) is 5.76. The van der Waals surface area contributed by atoms with Gasteiger partial charge in [-0.15, -0.1) is 0 Å². The number of aromatic nitrogens is 1. The average Bonchev–Trinajstić information content (AvgIpc) is 3.41. The molecule has 1 aliphatic heterocycles. The highest BCUT2D eigenvalue weighted by atomic mass is 35.5. The van der Waals surface area contributed by atoms with Crippen LogP contribution in [0.15, 0.2) is 84.9 Å². The Bertz CT molecular complexity index is 1320. The molecule has 2 N–H and O–H groups in total. The van der Waals surface area contributed by atoms with Crippen molar-refractivity contribution in [1.29, 1.82) is 0 Å². The van der Waals surface area contributed by atoms with Gasteiger partial charge in [-0.1, -0.05) is 54.1 Å². The van der Waals surface area contributed by atoms with Gasteiger partial charge in [-0.05, 0) is 66.4 Å². The molecule has 1 aliphatic rings. The molecule has 0 radical (unpaired) electrons. The predicted molar refractivity (Wildman–Crippen MR) is 135 cm³/mol. The Morgan fingerprint density at radius 2 is 1.52 bits per heavy atom. The first kappa shape index (κ1) is 21.1. The van der Waals surface area contributed by atoms with Crippen molar-refractivity contribution in [1.82, 2.24) is 4.57 Å². The third kappa shape index (κ3) is 4.30. The summed E-state index contributed by atoms with van der Waals surface area (Å²) in [5.41, 5.74) is 8.62. The minimum atomic E-state index is -0.946. The number of anilines is 2. The number of carboxylic acids is 1. The number of carbonyl (C=O) groups is 1. The lowest BCUT2D eigenvalue weighted by molar-refractivity contribution is -0.131. The molecule has 0 amide bonds. The number of nitrogens with zero attached hydrogens (tertiary/aromatic N) is 1. The highest BCUT2D eigenvalue weighted by molar-refractivity contribution is 6.30. The summed E-state index contributed by atoms with van der Waals surface area (Å²) in [4.78, 5) is 11.3. The zero-order chi connectivity index (χ0) is 22.8. The van der Waals surface area contributed by atoms with Gasteiger partial charge in [0.2, 0.25) is 0 Å². The maximum absolute atomic E-state index is 11.3. The van der Waals surface area contributed by atoms with E-state index in [1.807, 2.05) is 54.6 Å². The minimum absolute atomic E-state index is 0.702. The fraction of sp³-hybridized carbons (Fsp3) is 0.107. The number of nitrogens with one attached hydrogen (secondary N) is 1. The SMILES string of the molecule is O=C(O)/C=C/c1c(-c2ccc(Nc3ccc(Cl)cc3)cc2)c(-c2ccccc2)c2n1CCC2. The van der Waals surface area contributed by atoms with Crippen molar-refractivity contribution in [3.63, 3.8) is 0 Å².